The first-order valence-electron chi connectivity index (χ1n) is 6.13. The third kappa shape index (κ3) is 3.85. The predicted molar refractivity (Wildman–Crippen MR) is 72.2 cm³/mol. The van der Waals surface area contributed by atoms with Crippen LogP contribution in [0.2, 0.25) is 0 Å². The highest BCUT2D eigenvalue weighted by Gasteiger charge is 2.10. The smallest absolute Gasteiger partial charge is 0.149 e. The van der Waals surface area contributed by atoms with Crippen LogP contribution >= 0.6 is 0 Å². The highest BCUT2D eigenvalue weighted by Crippen LogP contribution is 2.20. The molecule has 0 bridgehead atoms. The standard InChI is InChI=1S/C12H23N5/c1-6-8-13-11-9(3)12(16-17(4)5)15-10(7-2)14-11/h6-8H2,1-5H3,(H2,13,14,15,16). The Kier molecular flexibility index (Phi) is 5.15. The fourth-order valence-corrected chi connectivity index (χ4v) is 1.46. The molecule has 0 aliphatic rings. The van der Waals surface area contributed by atoms with Crippen molar-refractivity contribution in [3.8, 4) is 0 Å². The lowest BCUT2D eigenvalue weighted by Crippen LogP contribution is -2.22. The summed E-state index contributed by atoms with van der Waals surface area (Å²) in [5, 5.41) is 5.23. The molecule has 0 atom stereocenters. The minimum absolute atomic E-state index is 0.837. The van der Waals surface area contributed by atoms with Crippen LogP contribution in [-0.4, -0.2) is 35.6 Å². The van der Waals surface area contributed by atoms with Gasteiger partial charge in [-0.05, 0) is 13.3 Å². The first-order chi connectivity index (χ1) is 8.08. The van der Waals surface area contributed by atoms with Gasteiger partial charge in [-0.15, -0.1) is 0 Å². The Morgan fingerprint density at radius 1 is 1.12 bits per heavy atom. The number of aryl methyl sites for hydroxylation is 1. The fourth-order valence-electron chi connectivity index (χ4n) is 1.46. The van der Waals surface area contributed by atoms with Crippen LogP contribution in [0.15, 0.2) is 0 Å². The second-order valence-electron chi connectivity index (χ2n) is 4.25. The van der Waals surface area contributed by atoms with Crippen molar-refractivity contribution in [1.29, 1.82) is 0 Å². The summed E-state index contributed by atoms with van der Waals surface area (Å²) in [5.74, 6) is 2.67. The Hall–Kier alpha value is -1.36. The highest BCUT2D eigenvalue weighted by molar-refractivity contribution is 5.56. The molecule has 0 aliphatic carbocycles. The normalized spacial score (nSPS) is 10.7. The molecule has 1 aromatic heterocycles. The van der Waals surface area contributed by atoms with Gasteiger partial charge in [0.05, 0.1) is 0 Å². The maximum atomic E-state index is 4.52. The molecule has 1 heterocycles. The van der Waals surface area contributed by atoms with Crippen LogP contribution in [0.4, 0.5) is 11.6 Å². The predicted octanol–water partition coefficient (Wildman–Crippen LogP) is 2.06. The Balaban J connectivity index is 3.02. The van der Waals surface area contributed by atoms with E-state index in [2.05, 4.69) is 34.6 Å². The van der Waals surface area contributed by atoms with E-state index in [1.165, 1.54) is 0 Å². The van der Waals surface area contributed by atoms with Crippen LogP contribution < -0.4 is 10.7 Å². The summed E-state index contributed by atoms with van der Waals surface area (Å²) in [6, 6.07) is 0. The molecule has 5 nitrogen and oxygen atoms in total. The maximum absolute atomic E-state index is 4.52. The summed E-state index contributed by atoms with van der Waals surface area (Å²) in [5.41, 5.74) is 4.27. The number of hydrogen-bond donors (Lipinski definition) is 2. The first kappa shape index (κ1) is 13.7. The molecule has 17 heavy (non-hydrogen) atoms. The topological polar surface area (TPSA) is 53.1 Å². The van der Waals surface area contributed by atoms with Crippen LogP contribution in [0.1, 0.15) is 31.7 Å². The summed E-state index contributed by atoms with van der Waals surface area (Å²) >= 11 is 0. The molecule has 0 amide bonds. The van der Waals surface area contributed by atoms with Crippen LogP contribution in [0.3, 0.4) is 0 Å². The van der Waals surface area contributed by atoms with Crippen molar-refractivity contribution < 1.29 is 0 Å². The largest absolute Gasteiger partial charge is 0.370 e. The van der Waals surface area contributed by atoms with Crippen molar-refractivity contribution in [2.45, 2.75) is 33.6 Å². The van der Waals surface area contributed by atoms with Gasteiger partial charge in [0, 0.05) is 32.6 Å². The summed E-state index contributed by atoms with van der Waals surface area (Å²) in [6.07, 6.45) is 1.92. The average molecular weight is 237 g/mol. The lowest BCUT2D eigenvalue weighted by atomic mass is 10.3. The third-order valence-corrected chi connectivity index (χ3v) is 2.38. The van der Waals surface area contributed by atoms with E-state index in [0.29, 0.717) is 0 Å². The Morgan fingerprint density at radius 3 is 2.29 bits per heavy atom. The molecule has 0 saturated heterocycles. The number of aromatic nitrogens is 2. The van der Waals surface area contributed by atoms with Crippen LogP contribution in [0.25, 0.3) is 0 Å². The van der Waals surface area contributed by atoms with Gasteiger partial charge in [0.1, 0.15) is 17.5 Å². The Labute approximate surface area is 104 Å². The van der Waals surface area contributed by atoms with Gasteiger partial charge in [-0.25, -0.2) is 15.0 Å². The highest BCUT2D eigenvalue weighted by atomic mass is 15.5. The van der Waals surface area contributed by atoms with Crippen molar-refractivity contribution in [2.75, 3.05) is 31.4 Å². The van der Waals surface area contributed by atoms with Gasteiger partial charge in [-0.1, -0.05) is 13.8 Å². The first-order valence-corrected chi connectivity index (χ1v) is 6.13. The van der Waals surface area contributed by atoms with Crippen LogP contribution in [0, 0.1) is 6.92 Å². The number of rotatable bonds is 6. The Bertz CT molecular complexity index is 362. The molecule has 0 saturated carbocycles. The van der Waals surface area contributed by atoms with Gasteiger partial charge >= 0.3 is 0 Å². The summed E-state index contributed by atoms with van der Waals surface area (Å²) in [7, 11) is 3.90. The van der Waals surface area contributed by atoms with E-state index in [-0.39, 0.29) is 0 Å². The van der Waals surface area contributed by atoms with Gasteiger partial charge < -0.3 is 10.7 Å². The third-order valence-electron chi connectivity index (χ3n) is 2.38. The number of hydrazine groups is 1. The van der Waals surface area contributed by atoms with Crippen molar-refractivity contribution in [3.05, 3.63) is 11.4 Å². The molecule has 1 rings (SSSR count). The van der Waals surface area contributed by atoms with E-state index in [1.807, 2.05) is 26.0 Å². The van der Waals surface area contributed by atoms with E-state index in [0.717, 1.165) is 42.4 Å². The molecule has 0 spiro atoms. The Morgan fingerprint density at radius 2 is 1.76 bits per heavy atom. The zero-order valence-corrected chi connectivity index (χ0v) is 11.5. The van der Waals surface area contributed by atoms with E-state index in [1.54, 1.807) is 0 Å². The zero-order valence-electron chi connectivity index (χ0n) is 11.5. The second-order valence-corrected chi connectivity index (χ2v) is 4.25. The summed E-state index contributed by atoms with van der Waals surface area (Å²) < 4.78 is 0. The molecule has 0 aliphatic heterocycles. The van der Waals surface area contributed by atoms with Gasteiger partial charge in [0.15, 0.2) is 0 Å². The van der Waals surface area contributed by atoms with Crippen molar-refractivity contribution in [1.82, 2.24) is 15.0 Å². The molecule has 0 unspecified atom stereocenters. The van der Waals surface area contributed by atoms with Crippen molar-refractivity contribution in [3.63, 3.8) is 0 Å². The summed E-state index contributed by atoms with van der Waals surface area (Å²) in [6.45, 7) is 7.17. The van der Waals surface area contributed by atoms with Gasteiger partial charge in [0.2, 0.25) is 0 Å². The van der Waals surface area contributed by atoms with Gasteiger partial charge in [0.25, 0.3) is 0 Å². The van der Waals surface area contributed by atoms with Gasteiger partial charge in [-0.2, -0.15) is 0 Å². The molecule has 0 radical (unpaired) electrons. The maximum Gasteiger partial charge on any atom is 0.149 e. The molecular formula is C12H23N5. The number of nitrogens with zero attached hydrogens (tertiary/aromatic N) is 3. The number of nitrogens with one attached hydrogen (secondary N) is 2. The second kappa shape index (κ2) is 6.39. The van der Waals surface area contributed by atoms with Gasteiger partial charge in [-0.3, -0.25) is 0 Å². The molecule has 1 aromatic rings. The van der Waals surface area contributed by atoms with E-state index >= 15 is 0 Å². The minimum atomic E-state index is 0.837. The van der Waals surface area contributed by atoms with Crippen molar-refractivity contribution >= 4 is 11.6 Å². The lowest BCUT2D eigenvalue weighted by Gasteiger charge is -2.18. The minimum Gasteiger partial charge on any atom is -0.370 e. The monoisotopic (exact) mass is 237 g/mol. The zero-order chi connectivity index (χ0) is 12.8. The van der Waals surface area contributed by atoms with Crippen molar-refractivity contribution in [2.24, 2.45) is 0 Å². The quantitative estimate of drug-likeness (QED) is 0.742. The number of hydrogen-bond acceptors (Lipinski definition) is 5. The molecule has 2 N–H and O–H groups in total. The van der Waals surface area contributed by atoms with Crippen LogP contribution in [-0.2, 0) is 6.42 Å². The molecule has 5 heteroatoms. The van der Waals surface area contributed by atoms with E-state index < -0.39 is 0 Å². The lowest BCUT2D eigenvalue weighted by molar-refractivity contribution is 0.491. The summed E-state index contributed by atoms with van der Waals surface area (Å²) in [4.78, 5) is 9.01. The van der Waals surface area contributed by atoms with Crippen LogP contribution in [0.5, 0.6) is 0 Å². The SMILES string of the molecule is CCCNc1nc(CC)nc(NN(C)C)c1C. The average Bonchev–Trinajstić information content (AvgIpc) is 2.29. The molecule has 96 valence electrons. The fraction of sp³-hybridized carbons (Fsp3) is 0.667. The van der Waals surface area contributed by atoms with E-state index in [9.17, 15) is 0 Å². The van der Waals surface area contributed by atoms with E-state index in [4.69, 9.17) is 0 Å². The molecular weight excluding hydrogens is 214 g/mol. The number of anilines is 2. The molecule has 0 fully saturated rings. The molecule has 0 aromatic carbocycles.